The Balaban J connectivity index is 2.26. The van der Waals surface area contributed by atoms with Crippen LogP contribution in [0.5, 0.6) is 0 Å². The van der Waals surface area contributed by atoms with Crippen molar-refractivity contribution in [1.82, 2.24) is 5.32 Å². The first-order chi connectivity index (χ1) is 8.11. The van der Waals surface area contributed by atoms with Crippen molar-refractivity contribution >= 4 is 0 Å². The molecule has 0 aliphatic heterocycles. The molecule has 1 aromatic rings. The lowest BCUT2D eigenvalue weighted by molar-refractivity contribution is 0.477. The molecule has 0 aliphatic carbocycles. The van der Waals surface area contributed by atoms with E-state index < -0.39 is 11.6 Å². The van der Waals surface area contributed by atoms with Gasteiger partial charge < -0.3 is 5.32 Å². The minimum Gasteiger partial charge on any atom is -0.316 e. The Labute approximate surface area is 102 Å². The van der Waals surface area contributed by atoms with Crippen LogP contribution < -0.4 is 5.32 Å². The molecule has 1 unspecified atom stereocenters. The van der Waals surface area contributed by atoms with Crippen molar-refractivity contribution in [2.75, 3.05) is 13.1 Å². The van der Waals surface area contributed by atoms with Gasteiger partial charge in [-0.1, -0.05) is 20.3 Å². The molecule has 0 aromatic heterocycles. The van der Waals surface area contributed by atoms with Crippen LogP contribution in [0, 0.1) is 17.6 Å². The molecule has 0 aliphatic rings. The highest BCUT2D eigenvalue weighted by Gasteiger charge is 2.02. The van der Waals surface area contributed by atoms with Gasteiger partial charge in [0.25, 0.3) is 0 Å². The Hall–Kier alpha value is -0.960. The summed E-state index contributed by atoms with van der Waals surface area (Å²) in [6, 6.07) is 3.68. The van der Waals surface area contributed by atoms with Crippen molar-refractivity contribution < 1.29 is 8.78 Å². The van der Waals surface area contributed by atoms with E-state index in [1.54, 1.807) is 0 Å². The van der Waals surface area contributed by atoms with Crippen molar-refractivity contribution in [3.05, 3.63) is 35.4 Å². The highest BCUT2D eigenvalue weighted by molar-refractivity contribution is 5.18. The number of benzene rings is 1. The molecule has 0 saturated carbocycles. The quantitative estimate of drug-likeness (QED) is 0.720. The molecule has 17 heavy (non-hydrogen) atoms. The van der Waals surface area contributed by atoms with Gasteiger partial charge in [0.1, 0.15) is 11.6 Å². The predicted octanol–water partition coefficient (Wildman–Crippen LogP) is 3.53. The van der Waals surface area contributed by atoms with Crippen LogP contribution in [0.4, 0.5) is 8.78 Å². The molecule has 1 rings (SSSR count). The van der Waals surface area contributed by atoms with Crippen LogP contribution >= 0.6 is 0 Å². The number of hydrogen-bond donors (Lipinski definition) is 1. The van der Waals surface area contributed by atoms with Crippen LogP contribution in [0.1, 0.15) is 32.3 Å². The van der Waals surface area contributed by atoms with Crippen molar-refractivity contribution in [2.45, 2.75) is 33.1 Å². The van der Waals surface area contributed by atoms with E-state index in [1.807, 2.05) is 0 Å². The van der Waals surface area contributed by atoms with Crippen molar-refractivity contribution in [1.29, 1.82) is 0 Å². The standard InChI is InChI=1S/C14H21F2N/c1-3-4-11(2)10-17-6-5-12-7-13(15)9-14(16)8-12/h7-9,11,17H,3-6,10H2,1-2H3. The molecule has 0 radical (unpaired) electrons. The number of nitrogens with one attached hydrogen (secondary N) is 1. The zero-order valence-electron chi connectivity index (χ0n) is 10.6. The number of halogens is 2. The van der Waals surface area contributed by atoms with Gasteiger partial charge in [-0.15, -0.1) is 0 Å². The first kappa shape index (κ1) is 14.1. The number of hydrogen-bond acceptors (Lipinski definition) is 1. The molecule has 0 amide bonds. The third-order valence-electron chi connectivity index (χ3n) is 2.79. The lowest BCUT2D eigenvalue weighted by Gasteiger charge is -2.11. The molecule has 0 bridgehead atoms. The lowest BCUT2D eigenvalue weighted by atomic mass is 10.1. The van der Waals surface area contributed by atoms with Gasteiger partial charge >= 0.3 is 0 Å². The van der Waals surface area contributed by atoms with E-state index in [1.165, 1.54) is 25.0 Å². The number of rotatable bonds is 7. The molecule has 1 aromatic carbocycles. The summed E-state index contributed by atoms with van der Waals surface area (Å²) in [5.41, 5.74) is 0.707. The van der Waals surface area contributed by atoms with Crippen LogP contribution in [-0.2, 0) is 6.42 Å². The van der Waals surface area contributed by atoms with Crippen LogP contribution in [0.2, 0.25) is 0 Å². The second-order valence-corrected chi connectivity index (χ2v) is 4.63. The largest absolute Gasteiger partial charge is 0.316 e. The summed E-state index contributed by atoms with van der Waals surface area (Å²) in [5.74, 6) is -0.344. The summed E-state index contributed by atoms with van der Waals surface area (Å²) in [6.07, 6.45) is 3.06. The van der Waals surface area contributed by atoms with Gasteiger partial charge in [-0.05, 0) is 49.5 Å². The van der Waals surface area contributed by atoms with E-state index in [0.717, 1.165) is 19.2 Å². The SMILES string of the molecule is CCCC(C)CNCCc1cc(F)cc(F)c1. The lowest BCUT2D eigenvalue weighted by Crippen LogP contribution is -2.23. The maximum Gasteiger partial charge on any atom is 0.126 e. The predicted molar refractivity (Wildman–Crippen MR) is 67.0 cm³/mol. The topological polar surface area (TPSA) is 12.0 Å². The molecule has 0 fully saturated rings. The van der Waals surface area contributed by atoms with E-state index in [0.29, 0.717) is 17.9 Å². The summed E-state index contributed by atoms with van der Waals surface area (Å²) >= 11 is 0. The van der Waals surface area contributed by atoms with Crippen molar-refractivity contribution in [3.63, 3.8) is 0 Å². The Morgan fingerprint density at radius 3 is 2.41 bits per heavy atom. The van der Waals surface area contributed by atoms with Gasteiger partial charge in [-0.3, -0.25) is 0 Å². The van der Waals surface area contributed by atoms with Gasteiger partial charge in [0.15, 0.2) is 0 Å². The minimum absolute atomic E-state index is 0.501. The summed E-state index contributed by atoms with van der Waals surface area (Å²) in [4.78, 5) is 0. The fourth-order valence-electron chi connectivity index (χ4n) is 1.93. The smallest absolute Gasteiger partial charge is 0.126 e. The maximum absolute atomic E-state index is 12.9. The highest BCUT2D eigenvalue weighted by Crippen LogP contribution is 2.08. The zero-order valence-corrected chi connectivity index (χ0v) is 10.6. The average molecular weight is 241 g/mol. The molecule has 1 N–H and O–H groups in total. The van der Waals surface area contributed by atoms with Crippen molar-refractivity contribution in [2.24, 2.45) is 5.92 Å². The van der Waals surface area contributed by atoms with Crippen LogP contribution in [0.3, 0.4) is 0 Å². The van der Waals surface area contributed by atoms with Crippen molar-refractivity contribution in [3.8, 4) is 0 Å². The molecule has 1 atom stereocenters. The maximum atomic E-state index is 12.9. The summed E-state index contributed by atoms with van der Waals surface area (Å²) in [6.45, 7) is 6.10. The van der Waals surface area contributed by atoms with Crippen LogP contribution in [0.15, 0.2) is 18.2 Å². The van der Waals surface area contributed by atoms with Gasteiger partial charge in [0.2, 0.25) is 0 Å². The molecule has 1 nitrogen and oxygen atoms in total. The fraction of sp³-hybridized carbons (Fsp3) is 0.571. The molecular formula is C14H21F2N. The monoisotopic (exact) mass is 241 g/mol. The third kappa shape index (κ3) is 5.78. The molecule has 96 valence electrons. The molecular weight excluding hydrogens is 220 g/mol. The first-order valence-corrected chi connectivity index (χ1v) is 6.27. The summed E-state index contributed by atoms with van der Waals surface area (Å²) in [5, 5.41) is 3.31. The molecule has 0 heterocycles. The molecule has 0 spiro atoms. The second kappa shape index (κ2) is 7.38. The van der Waals surface area contributed by atoms with E-state index in [9.17, 15) is 8.78 Å². The first-order valence-electron chi connectivity index (χ1n) is 6.27. The minimum atomic E-state index is -0.501. The normalized spacial score (nSPS) is 12.7. The zero-order chi connectivity index (χ0) is 12.7. The van der Waals surface area contributed by atoms with Gasteiger partial charge in [-0.2, -0.15) is 0 Å². The Kier molecular flexibility index (Phi) is 6.12. The Morgan fingerprint density at radius 1 is 1.18 bits per heavy atom. The Bertz CT molecular complexity index is 319. The summed E-state index contributed by atoms with van der Waals surface area (Å²) in [7, 11) is 0. The third-order valence-corrected chi connectivity index (χ3v) is 2.79. The van der Waals surface area contributed by atoms with Gasteiger partial charge in [0.05, 0.1) is 0 Å². The van der Waals surface area contributed by atoms with E-state index in [-0.39, 0.29) is 0 Å². The summed E-state index contributed by atoms with van der Waals surface area (Å²) < 4.78 is 25.8. The van der Waals surface area contributed by atoms with Crippen LogP contribution in [-0.4, -0.2) is 13.1 Å². The van der Waals surface area contributed by atoms with E-state index >= 15 is 0 Å². The van der Waals surface area contributed by atoms with Gasteiger partial charge in [-0.25, -0.2) is 8.78 Å². The van der Waals surface area contributed by atoms with Gasteiger partial charge in [0, 0.05) is 6.07 Å². The molecule has 0 saturated heterocycles. The van der Waals surface area contributed by atoms with Crippen LogP contribution in [0.25, 0.3) is 0 Å². The molecule has 3 heteroatoms. The second-order valence-electron chi connectivity index (χ2n) is 4.63. The van der Waals surface area contributed by atoms with E-state index in [2.05, 4.69) is 19.2 Å². The fourth-order valence-corrected chi connectivity index (χ4v) is 1.93. The average Bonchev–Trinajstić information content (AvgIpc) is 2.23. The van der Waals surface area contributed by atoms with E-state index in [4.69, 9.17) is 0 Å². The Morgan fingerprint density at radius 2 is 1.82 bits per heavy atom. The highest BCUT2D eigenvalue weighted by atomic mass is 19.1.